The van der Waals surface area contributed by atoms with E-state index in [-0.39, 0.29) is 17.0 Å². The number of nitro groups is 1. The number of carbonyl (C=O) groups excluding carboxylic acids is 2. The number of hydrogen-bond acceptors (Lipinski definition) is 6. The number of nitro benzene ring substituents is 1. The van der Waals surface area contributed by atoms with Crippen LogP contribution in [0.5, 0.6) is 0 Å². The van der Waals surface area contributed by atoms with Crippen molar-refractivity contribution in [3.05, 3.63) is 69.4 Å². The second-order valence-corrected chi connectivity index (χ2v) is 6.94. The molecule has 0 amide bonds. The zero-order chi connectivity index (χ0) is 21.3. The van der Waals surface area contributed by atoms with E-state index in [1.54, 1.807) is 25.9 Å². The van der Waals surface area contributed by atoms with Crippen molar-refractivity contribution in [1.29, 1.82) is 0 Å². The third-order valence-electron chi connectivity index (χ3n) is 4.69. The van der Waals surface area contributed by atoms with E-state index >= 15 is 0 Å². The summed E-state index contributed by atoms with van der Waals surface area (Å²) in [5.74, 6) is -1.14. The number of para-hydroxylation sites is 1. The van der Waals surface area contributed by atoms with Gasteiger partial charge >= 0.3 is 5.97 Å². The van der Waals surface area contributed by atoms with Crippen molar-refractivity contribution in [3.8, 4) is 0 Å². The predicted octanol–water partition coefficient (Wildman–Crippen LogP) is 3.88. The van der Waals surface area contributed by atoms with Crippen LogP contribution in [0.4, 0.5) is 11.4 Å². The van der Waals surface area contributed by atoms with E-state index in [9.17, 15) is 19.7 Å². The monoisotopic (exact) mass is 395 g/mol. The Labute approximate surface area is 167 Å². The minimum Gasteiger partial charge on any atom is -0.451 e. The fourth-order valence-electron chi connectivity index (χ4n) is 3.27. The van der Waals surface area contributed by atoms with Gasteiger partial charge in [0.1, 0.15) is 0 Å². The second-order valence-electron chi connectivity index (χ2n) is 6.94. The standard InChI is InChI=1S/C21H21N3O5/c1-12-19(15-7-5-6-8-17(15)22-12)20(25)13(2)29-21(26)16-11-14(24(27)28)9-10-18(16)23(3)4/h5-11,13,22H,1-4H3/t13-/m0/s1. The summed E-state index contributed by atoms with van der Waals surface area (Å²) >= 11 is 0. The number of ether oxygens (including phenoxy) is 1. The normalized spacial score (nSPS) is 11.9. The fraction of sp³-hybridized carbons (Fsp3) is 0.238. The Morgan fingerprint density at radius 3 is 2.52 bits per heavy atom. The summed E-state index contributed by atoms with van der Waals surface area (Å²) in [5.41, 5.74) is 2.23. The van der Waals surface area contributed by atoms with Crippen LogP contribution in [0.3, 0.4) is 0 Å². The molecule has 0 spiro atoms. The van der Waals surface area contributed by atoms with Gasteiger partial charge in [0.05, 0.1) is 16.2 Å². The molecule has 3 rings (SSSR count). The summed E-state index contributed by atoms with van der Waals surface area (Å²) in [7, 11) is 3.42. The van der Waals surface area contributed by atoms with Crippen LogP contribution in [0.1, 0.15) is 33.3 Å². The smallest absolute Gasteiger partial charge is 0.341 e. The number of aryl methyl sites for hydroxylation is 1. The average molecular weight is 395 g/mol. The van der Waals surface area contributed by atoms with Crippen molar-refractivity contribution in [2.24, 2.45) is 0 Å². The zero-order valence-electron chi connectivity index (χ0n) is 16.6. The van der Waals surface area contributed by atoms with Crippen molar-refractivity contribution in [2.45, 2.75) is 20.0 Å². The number of aromatic nitrogens is 1. The third kappa shape index (κ3) is 3.82. The molecule has 8 heteroatoms. The fourth-order valence-corrected chi connectivity index (χ4v) is 3.27. The van der Waals surface area contributed by atoms with Gasteiger partial charge in [0.25, 0.3) is 5.69 Å². The topological polar surface area (TPSA) is 106 Å². The summed E-state index contributed by atoms with van der Waals surface area (Å²) in [4.78, 5) is 41.0. The molecule has 1 heterocycles. The highest BCUT2D eigenvalue weighted by molar-refractivity contribution is 6.12. The Bertz CT molecular complexity index is 1120. The Hall–Kier alpha value is -3.68. The molecule has 150 valence electrons. The van der Waals surface area contributed by atoms with Gasteiger partial charge in [-0.15, -0.1) is 0 Å². The van der Waals surface area contributed by atoms with Crippen molar-refractivity contribution in [3.63, 3.8) is 0 Å². The molecular weight excluding hydrogens is 374 g/mol. The van der Waals surface area contributed by atoms with Gasteiger partial charge in [0, 0.05) is 48.4 Å². The van der Waals surface area contributed by atoms with E-state index in [0.29, 0.717) is 16.9 Å². The maximum atomic E-state index is 13.0. The maximum absolute atomic E-state index is 13.0. The molecule has 1 aromatic heterocycles. The molecule has 0 aliphatic heterocycles. The molecule has 0 unspecified atom stereocenters. The zero-order valence-corrected chi connectivity index (χ0v) is 16.6. The molecule has 1 atom stereocenters. The van der Waals surface area contributed by atoms with Crippen LogP contribution in [-0.4, -0.2) is 41.9 Å². The third-order valence-corrected chi connectivity index (χ3v) is 4.69. The van der Waals surface area contributed by atoms with Crippen molar-refractivity contribution >= 4 is 34.0 Å². The highest BCUT2D eigenvalue weighted by atomic mass is 16.6. The number of nitrogens with zero attached hydrogens (tertiary/aromatic N) is 2. The molecule has 0 saturated carbocycles. The average Bonchev–Trinajstić information content (AvgIpc) is 3.02. The number of rotatable bonds is 6. The minimum atomic E-state index is -1.06. The molecule has 0 aliphatic rings. The number of fused-ring (bicyclic) bond motifs is 1. The number of anilines is 1. The number of hydrogen-bond donors (Lipinski definition) is 1. The van der Waals surface area contributed by atoms with Gasteiger partial charge in [0.2, 0.25) is 5.78 Å². The quantitative estimate of drug-likeness (QED) is 0.294. The molecule has 29 heavy (non-hydrogen) atoms. The van der Waals surface area contributed by atoms with E-state index in [0.717, 1.165) is 17.0 Å². The summed E-state index contributed by atoms with van der Waals surface area (Å²) in [6, 6.07) is 11.3. The predicted molar refractivity (Wildman–Crippen MR) is 110 cm³/mol. The van der Waals surface area contributed by atoms with Crippen LogP contribution in [-0.2, 0) is 4.74 Å². The number of carbonyl (C=O) groups is 2. The van der Waals surface area contributed by atoms with E-state index in [4.69, 9.17) is 4.74 Å². The van der Waals surface area contributed by atoms with Crippen molar-refractivity contribution in [1.82, 2.24) is 4.98 Å². The van der Waals surface area contributed by atoms with Gasteiger partial charge < -0.3 is 14.6 Å². The minimum absolute atomic E-state index is 0.0273. The van der Waals surface area contributed by atoms with Gasteiger partial charge in [-0.3, -0.25) is 14.9 Å². The van der Waals surface area contributed by atoms with E-state index < -0.39 is 17.0 Å². The van der Waals surface area contributed by atoms with Crippen molar-refractivity contribution in [2.75, 3.05) is 19.0 Å². The number of Topliss-reactive ketones (excluding diaryl/α,β-unsaturated/α-hetero) is 1. The number of nitrogens with one attached hydrogen (secondary N) is 1. The first kappa shape index (κ1) is 20.1. The molecule has 0 bridgehead atoms. The molecule has 8 nitrogen and oxygen atoms in total. The molecule has 0 fully saturated rings. The Kier molecular flexibility index (Phi) is 5.36. The lowest BCUT2D eigenvalue weighted by Crippen LogP contribution is -2.26. The molecule has 3 aromatic rings. The highest BCUT2D eigenvalue weighted by Crippen LogP contribution is 2.27. The molecule has 0 aliphatic carbocycles. The van der Waals surface area contributed by atoms with Crippen molar-refractivity contribution < 1.29 is 19.2 Å². The Morgan fingerprint density at radius 2 is 1.86 bits per heavy atom. The lowest BCUT2D eigenvalue weighted by molar-refractivity contribution is -0.384. The number of benzene rings is 2. The summed E-state index contributed by atoms with van der Waals surface area (Å²) in [5, 5.41) is 11.8. The van der Waals surface area contributed by atoms with Gasteiger partial charge in [-0.2, -0.15) is 0 Å². The number of ketones is 1. The number of esters is 1. The van der Waals surface area contributed by atoms with E-state index in [1.807, 2.05) is 24.3 Å². The van der Waals surface area contributed by atoms with Crippen LogP contribution in [0.2, 0.25) is 0 Å². The van der Waals surface area contributed by atoms with Crippen LogP contribution in [0, 0.1) is 17.0 Å². The number of aromatic amines is 1. The molecule has 2 aromatic carbocycles. The van der Waals surface area contributed by atoms with E-state index in [2.05, 4.69) is 4.98 Å². The first-order valence-electron chi connectivity index (χ1n) is 8.99. The number of non-ortho nitro benzene ring substituents is 1. The van der Waals surface area contributed by atoms with Crippen LogP contribution >= 0.6 is 0 Å². The van der Waals surface area contributed by atoms with Gasteiger partial charge in [-0.25, -0.2) is 4.79 Å². The summed E-state index contributed by atoms with van der Waals surface area (Å²) in [6.45, 7) is 3.28. The van der Waals surface area contributed by atoms with Gasteiger partial charge in [-0.05, 0) is 26.0 Å². The highest BCUT2D eigenvalue weighted by Gasteiger charge is 2.27. The molecule has 1 N–H and O–H groups in total. The lowest BCUT2D eigenvalue weighted by Gasteiger charge is -2.18. The molecule has 0 radical (unpaired) electrons. The molecule has 0 saturated heterocycles. The van der Waals surface area contributed by atoms with Crippen LogP contribution < -0.4 is 4.90 Å². The van der Waals surface area contributed by atoms with Crippen LogP contribution in [0.25, 0.3) is 10.9 Å². The number of H-pyrrole nitrogens is 1. The van der Waals surface area contributed by atoms with Gasteiger partial charge in [-0.1, -0.05) is 18.2 Å². The summed E-state index contributed by atoms with van der Waals surface area (Å²) < 4.78 is 5.40. The maximum Gasteiger partial charge on any atom is 0.341 e. The first-order chi connectivity index (χ1) is 13.7. The second kappa shape index (κ2) is 7.75. The van der Waals surface area contributed by atoms with Crippen LogP contribution in [0.15, 0.2) is 42.5 Å². The Morgan fingerprint density at radius 1 is 1.17 bits per heavy atom. The van der Waals surface area contributed by atoms with E-state index in [1.165, 1.54) is 19.1 Å². The lowest BCUT2D eigenvalue weighted by atomic mass is 10.0. The molecular formula is C21H21N3O5. The van der Waals surface area contributed by atoms with Gasteiger partial charge in [0.15, 0.2) is 6.10 Å². The first-order valence-corrected chi connectivity index (χ1v) is 8.99. The Balaban J connectivity index is 1.90. The SMILES string of the molecule is Cc1[nH]c2ccccc2c1C(=O)[C@H](C)OC(=O)c1cc([N+](=O)[O-])ccc1N(C)C. The largest absolute Gasteiger partial charge is 0.451 e. The summed E-state index contributed by atoms with van der Waals surface area (Å²) in [6.07, 6.45) is -1.06.